The molecule has 3 nitrogen and oxygen atoms in total. The standard InChI is InChI=1S/C24H20N2O/c1-2-8-15(9-3-1)21-14-18-23-22(25-19-12-6-7-13-20(19)26-23)16-10-4-5-11-17(16)24(18)27-21/h1-5,8-11,21H,6-7,12-14H2. The van der Waals surface area contributed by atoms with Crippen molar-refractivity contribution < 1.29 is 4.74 Å². The van der Waals surface area contributed by atoms with Crippen LogP contribution in [0.5, 0.6) is 5.75 Å². The molecule has 1 aliphatic carbocycles. The molecule has 1 unspecified atom stereocenters. The van der Waals surface area contributed by atoms with E-state index in [0.717, 1.165) is 46.8 Å². The zero-order chi connectivity index (χ0) is 17.8. The Bertz CT molecular complexity index is 1180. The highest BCUT2D eigenvalue weighted by Crippen LogP contribution is 2.45. The first-order chi connectivity index (χ1) is 13.4. The average molecular weight is 352 g/mol. The van der Waals surface area contributed by atoms with Gasteiger partial charge >= 0.3 is 0 Å². The van der Waals surface area contributed by atoms with Gasteiger partial charge < -0.3 is 4.74 Å². The van der Waals surface area contributed by atoms with E-state index in [2.05, 4.69) is 48.5 Å². The Hall–Kier alpha value is -2.94. The molecule has 0 saturated carbocycles. The summed E-state index contributed by atoms with van der Waals surface area (Å²) >= 11 is 0. The van der Waals surface area contributed by atoms with Crippen molar-refractivity contribution in [1.29, 1.82) is 0 Å². The maximum atomic E-state index is 6.49. The van der Waals surface area contributed by atoms with Crippen LogP contribution in [0.2, 0.25) is 0 Å². The Morgan fingerprint density at radius 2 is 1.41 bits per heavy atom. The molecule has 1 aliphatic heterocycles. The minimum atomic E-state index is 0.0491. The Morgan fingerprint density at radius 3 is 2.19 bits per heavy atom. The molecule has 2 heterocycles. The van der Waals surface area contributed by atoms with Crippen molar-refractivity contribution in [3.05, 3.63) is 77.1 Å². The highest BCUT2D eigenvalue weighted by molar-refractivity contribution is 6.09. The monoisotopic (exact) mass is 352 g/mol. The van der Waals surface area contributed by atoms with E-state index in [0.29, 0.717) is 0 Å². The van der Waals surface area contributed by atoms with Gasteiger partial charge in [-0.25, -0.2) is 9.97 Å². The summed E-state index contributed by atoms with van der Waals surface area (Å²) in [6, 6.07) is 19.0. The van der Waals surface area contributed by atoms with Crippen LogP contribution in [0.1, 0.15) is 41.5 Å². The van der Waals surface area contributed by atoms with E-state index in [1.54, 1.807) is 0 Å². The number of hydrogen-bond donors (Lipinski definition) is 0. The van der Waals surface area contributed by atoms with Gasteiger partial charge in [0.05, 0.1) is 22.4 Å². The fourth-order valence-electron chi connectivity index (χ4n) is 4.59. The van der Waals surface area contributed by atoms with Crippen LogP contribution in [0.3, 0.4) is 0 Å². The van der Waals surface area contributed by atoms with Crippen molar-refractivity contribution in [3.63, 3.8) is 0 Å². The number of rotatable bonds is 1. The minimum Gasteiger partial charge on any atom is -0.484 e. The Morgan fingerprint density at radius 1 is 0.741 bits per heavy atom. The van der Waals surface area contributed by atoms with Crippen LogP contribution in [0.25, 0.3) is 21.8 Å². The van der Waals surface area contributed by atoms with E-state index in [1.807, 2.05) is 6.07 Å². The Labute approximate surface area is 158 Å². The van der Waals surface area contributed by atoms with Gasteiger partial charge in [-0.15, -0.1) is 0 Å². The lowest BCUT2D eigenvalue weighted by Gasteiger charge is -2.16. The summed E-state index contributed by atoms with van der Waals surface area (Å²) in [6.07, 6.45) is 5.43. The second-order valence-electron chi connectivity index (χ2n) is 7.60. The molecule has 0 radical (unpaired) electrons. The van der Waals surface area contributed by atoms with Gasteiger partial charge in [-0.05, 0) is 31.2 Å². The fourth-order valence-corrected chi connectivity index (χ4v) is 4.59. The fraction of sp³-hybridized carbons (Fsp3) is 0.250. The summed E-state index contributed by atoms with van der Waals surface area (Å²) < 4.78 is 6.49. The molecule has 1 aromatic heterocycles. The number of nitrogens with zero attached hydrogens (tertiary/aromatic N) is 2. The van der Waals surface area contributed by atoms with Crippen molar-refractivity contribution in [1.82, 2.24) is 9.97 Å². The lowest BCUT2D eigenvalue weighted by atomic mass is 9.96. The highest BCUT2D eigenvalue weighted by Gasteiger charge is 2.30. The van der Waals surface area contributed by atoms with Crippen molar-refractivity contribution in [3.8, 4) is 5.75 Å². The molecule has 3 heteroatoms. The number of hydrogen-bond acceptors (Lipinski definition) is 3. The predicted molar refractivity (Wildman–Crippen MR) is 107 cm³/mol. The first-order valence-electron chi connectivity index (χ1n) is 9.83. The van der Waals surface area contributed by atoms with E-state index in [4.69, 9.17) is 14.7 Å². The Balaban J connectivity index is 1.63. The van der Waals surface area contributed by atoms with Gasteiger partial charge in [-0.2, -0.15) is 0 Å². The van der Waals surface area contributed by atoms with Gasteiger partial charge in [-0.3, -0.25) is 0 Å². The van der Waals surface area contributed by atoms with E-state index >= 15 is 0 Å². The molecule has 27 heavy (non-hydrogen) atoms. The zero-order valence-electron chi connectivity index (χ0n) is 15.1. The number of ether oxygens (including phenoxy) is 1. The average Bonchev–Trinajstić information content (AvgIpc) is 3.19. The number of benzene rings is 3. The molecule has 1 atom stereocenters. The SMILES string of the molecule is c1ccc(C2Cc3c(c4ccccc4c4nc5c(nc34)CCCC5)O2)cc1. The van der Waals surface area contributed by atoms with Crippen LogP contribution in [0, 0.1) is 0 Å². The maximum absolute atomic E-state index is 6.49. The summed E-state index contributed by atoms with van der Waals surface area (Å²) in [4.78, 5) is 10.2. The van der Waals surface area contributed by atoms with Gasteiger partial charge in [0.1, 0.15) is 11.9 Å². The number of aromatic nitrogens is 2. The molecule has 0 spiro atoms. The van der Waals surface area contributed by atoms with Crippen LogP contribution in [-0.2, 0) is 19.3 Å². The summed E-state index contributed by atoms with van der Waals surface area (Å²) in [5, 5.41) is 2.31. The number of aryl methyl sites for hydroxylation is 2. The summed E-state index contributed by atoms with van der Waals surface area (Å²) in [5.41, 5.74) is 6.91. The largest absolute Gasteiger partial charge is 0.484 e. The van der Waals surface area contributed by atoms with Crippen LogP contribution < -0.4 is 4.74 Å². The van der Waals surface area contributed by atoms with Crippen molar-refractivity contribution >= 4 is 21.8 Å². The van der Waals surface area contributed by atoms with Crippen LogP contribution in [0.15, 0.2) is 54.6 Å². The zero-order valence-corrected chi connectivity index (χ0v) is 15.1. The van der Waals surface area contributed by atoms with E-state index in [1.165, 1.54) is 35.4 Å². The summed E-state index contributed by atoms with van der Waals surface area (Å²) in [6.45, 7) is 0. The van der Waals surface area contributed by atoms with Gasteiger partial charge in [0.15, 0.2) is 0 Å². The van der Waals surface area contributed by atoms with Gasteiger partial charge in [-0.1, -0.05) is 54.6 Å². The van der Waals surface area contributed by atoms with Gasteiger partial charge in [0.25, 0.3) is 0 Å². The Kier molecular flexibility index (Phi) is 3.24. The molecule has 6 rings (SSSR count). The molecule has 2 aliphatic rings. The third-order valence-corrected chi connectivity index (χ3v) is 5.94. The molecule has 4 aromatic rings. The van der Waals surface area contributed by atoms with Crippen molar-refractivity contribution in [2.75, 3.05) is 0 Å². The van der Waals surface area contributed by atoms with Crippen molar-refractivity contribution in [2.45, 2.75) is 38.2 Å². The minimum absolute atomic E-state index is 0.0491. The molecule has 0 bridgehead atoms. The van der Waals surface area contributed by atoms with Crippen molar-refractivity contribution in [2.24, 2.45) is 0 Å². The van der Waals surface area contributed by atoms with Gasteiger partial charge in [0.2, 0.25) is 0 Å². The summed E-state index contributed by atoms with van der Waals surface area (Å²) in [5.74, 6) is 0.997. The molecule has 132 valence electrons. The van der Waals surface area contributed by atoms with Gasteiger partial charge in [0, 0.05) is 22.8 Å². The first kappa shape index (κ1) is 15.2. The summed E-state index contributed by atoms with van der Waals surface area (Å²) in [7, 11) is 0. The van der Waals surface area contributed by atoms with Crippen LogP contribution >= 0.6 is 0 Å². The molecule has 0 amide bonds. The molecule has 0 N–H and O–H groups in total. The van der Waals surface area contributed by atoms with Crippen LogP contribution in [0.4, 0.5) is 0 Å². The lowest BCUT2D eigenvalue weighted by molar-refractivity contribution is 0.241. The third-order valence-electron chi connectivity index (χ3n) is 5.94. The molecule has 3 aromatic carbocycles. The maximum Gasteiger partial charge on any atom is 0.133 e. The molecule has 0 saturated heterocycles. The first-order valence-corrected chi connectivity index (χ1v) is 9.83. The molecular formula is C24H20N2O. The topological polar surface area (TPSA) is 35.0 Å². The second-order valence-corrected chi connectivity index (χ2v) is 7.60. The highest BCUT2D eigenvalue weighted by atomic mass is 16.5. The van der Waals surface area contributed by atoms with E-state index in [-0.39, 0.29) is 6.10 Å². The second kappa shape index (κ2) is 5.78. The van der Waals surface area contributed by atoms with E-state index in [9.17, 15) is 0 Å². The number of fused-ring (bicyclic) bond motifs is 7. The van der Waals surface area contributed by atoms with Crippen LogP contribution in [-0.4, -0.2) is 9.97 Å². The lowest BCUT2D eigenvalue weighted by Crippen LogP contribution is -2.09. The predicted octanol–water partition coefficient (Wildman–Crippen LogP) is 5.34. The van der Waals surface area contributed by atoms with E-state index < -0.39 is 0 Å². The molecular weight excluding hydrogens is 332 g/mol. The third kappa shape index (κ3) is 2.27. The quantitative estimate of drug-likeness (QED) is 0.434. The molecule has 0 fully saturated rings. The smallest absolute Gasteiger partial charge is 0.133 e. The normalized spacial score (nSPS) is 18.3.